The molecule has 0 bridgehead atoms. The smallest absolute Gasteiger partial charge is 0.140 e. The van der Waals surface area contributed by atoms with E-state index >= 15 is 0 Å². The van der Waals surface area contributed by atoms with Crippen LogP contribution in [-0.4, -0.2) is 44.4 Å². The normalized spacial score (nSPS) is 16.4. The number of hydrogen-bond donors (Lipinski definition) is 0. The standard InChI is InChI=1S/C106H136N10O2S6/c1-13-17-21-25-27-29-31-33-35-41-57-105(58-42-36-34-32-30-28-26-22-18-14-2)77-63-71(11)119-101(77)103-79(117-105)65-83(121-103)86-95-94(110-92-76-54-40-38-52-74(76)90(100(92)112-95)108-62-44-24-20-16-4)84(97-98(86)116-124-115-97)81-64-78-102(120-81)104-80(118-106(78,59-55-69(9)49-45-47-67(5)6)60-56-70(10)50-46-48-68(7)8)66-82(122-104)85-93-87(72(12)88-96(85)114-123-113-88)109-91-75-53-39-37-51-73(75)89(99(91)111-93)107-61-43-23-19-15-3/h37-40,51-54,63-70H,13-36,41-50,55-62H2,1-12H3. The highest BCUT2D eigenvalue weighted by molar-refractivity contribution is 7.58. The van der Waals surface area contributed by atoms with E-state index in [1.165, 1.54) is 233 Å². The van der Waals surface area contributed by atoms with Crippen LogP contribution in [0.15, 0.2) is 100 Å². The highest BCUT2D eigenvalue weighted by Crippen LogP contribution is 2.65. The summed E-state index contributed by atoms with van der Waals surface area (Å²) in [5.74, 6) is 4.24. The first-order chi connectivity index (χ1) is 60.6. The Hall–Kier alpha value is -7.06. The fraction of sp³-hybridized carbons (Fsp3) is 0.566. The van der Waals surface area contributed by atoms with E-state index in [-0.39, 0.29) is 0 Å². The SMILES string of the molecule is CCCCCCCCCCCCC1(CCCCCCCCCCCC)Oc2cc(-c3c4c(c(-c5cc6c(s5)-c5sc(-c7c8c(c(C)c9nc%10c(nc79)C(=NCCCCCC)c7ccccc7-%10)N=S=N8)cc5OC6(CCC(C)CCCC(C)C)CCC(C)CCCC(C)C)c5nc6c(nc35)C(=NCCCCCC)c3ccccc3-6)N=S=N4)sc2-c2sc(C)cc21. The molecule has 658 valence electrons. The third kappa shape index (κ3) is 19.5. The molecule has 0 fully saturated rings. The van der Waals surface area contributed by atoms with Gasteiger partial charge >= 0.3 is 0 Å². The zero-order chi connectivity index (χ0) is 85.9. The molecule has 0 N–H and O–H groups in total. The van der Waals surface area contributed by atoms with Gasteiger partial charge < -0.3 is 9.47 Å². The van der Waals surface area contributed by atoms with Gasteiger partial charge in [0, 0.05) is 88.2 Å². The summed E-state index contributed by atoms with van der Waals surface area (Å²) in [5.41, 5.74) is 21.8. The fourth-order valence-corrected chi connectivity index (χ4v) is 26.4. The lowest BCUT2D eigenvalue weighted by molar-refractivity contribution is 0.0324. The average molecular weight is 1770 g/mol. The van der Waals surface area contributed by atoms with Crippen LogP contribution in [0.25, 0.3) is 95.4 Å². The van der Waals surface area contributed by atoms with Gasteiger partial charge in [0.25, 0.3) is 0 Å². The summed E-state index contributed by atoms with van der Waals surface area (Å²) in [6, 6.07) is 27.3. The molecule has 6 aliphatic rings. The average Bonchev–Trinajstić information content (AvgIpc) is 1.54. The van der Waals surface area contributed by atoms with Crippen LogP contribution < -0.4 is 9.47 Å². The molecule has 0 saturated carbocycles. The van der Waals surface area contributed by atoms with Crippen molar-refractivity contribution in [3.63, 3.8) is 0 Å². The first kappa shape index (κ1) is 90.3. The fourth-order valence-electron chi connectivity index (χ4n) is 20.3. The summed E-state index contributed by atoms with van der Waals surface area (Å²) in [5, 5.41) is 0. The van der Waals surface area contributed by atoms with Crippen molar-refractivity contribution < 1.29 is 9.47 Å². The maximum atomic E-state index is 8.26. The number of thiophene rings is 4. The van der Waals surface area contributed by atoms with Gasteiger partial charge in [0.05, 0.1) is 70.5 Å². The second-order valence-electron chi connectivity index (χ2n) is 38.1. The third-order valence-corrected chi connectivity index (χ3v) is 33.3. The first-order valence-corrected chi connectivity index (χ1v) is 53.5. The van der Waals surface area contributed by atoms with Crippen molar-refractivity contribution in [3.05, 3.63) is 117 Å². The monoisotopic (exact) mass is 1770 g/mol. The Morgan fingerprint density at radius 2 is 0.694 bits per heavy atom. The molecule has 0 spiro atoms. The summed E-state index contributed by atoms with van der Waals surface area (Å²) in [7, 11) is 0. The Kier molecular flexibility index (Phi) is 30.6. The molecule has 2 atom stereocenters. The minimum Gasteiger partial charge on any atom is -0.481 e. The predicted molar refractivity (Wildman–Crippen MR) is 536 cm³/mol. The van der Waals surface area contributed by atoms with E-state index in [0.29, 0.717) is 23.7 Å². The number of hydrogen-bond acceptors (Lipinski definition) is 16. The van der Waals surface area contributed by atoms with Crippen molar-refractivity contribution in [2.45, 2.75) is 351 Å². The summed E-state index contributed by atoms with van der Waals surface area (Å²) in [6.07, 6.45) is 48.4. The van der Waals surface area contributed by atoms with E-state index in [2.05, 4.69) is 156 Å². The molecule has 16 rings (SSSR count). The zero-order valence-electron chi connectivity index (χ0n) is 76.7. The van der Waals surface area contributed by atoms with Crippen LogP contribution in [0.4, 0.5) is 22.7 Å². The van der Waals surface area contributed by atoms with Crippen molar-refractivity contribution >= 4 is 124 Å². The second-order valence-corrected chi connectivity index (χ2v) is 43.6. The van der Waals surface area contributed by atoms with Crippen LogP contribution in [0.3, 0.4) is 0 Å². The van der Waals surface area contributed by atoms with E-state index in [1.807, 2.05) is 34.0 Å². The zero-order valence-corrected chi connectivity index (χ0v) is 81.6. The van der Waals surface area contributed by atoms with Crippen LogP contribution in [0.1, 0.15) is 370 Å². The van der Waals surface area contributed by atoms with Crippen molar-refractivity contribution in [2.24, 2.45) is 51.1 Å². The number of aliphatic imine (C=N–C) groups is 2. The summed E-state index contributed by atoms with van der Waals surface area (Å²) in [6.45, 7) is 29.6. The quantitative estimate of drug-likeness (QED) is 0.0347. The largest absolute Gasteiger partial charge is 0.481 e. The molecule has 4 aromatic carbocycles. The molecule has 0 amide bonds. The number of ether oxygens (including phenoxy) is 2. The molecule has 12 nitrogen and oxygen atoms in total. The molecular weight excluding hydrogens is 1640 g/mol. The minimum absolute atomic E-state index is 0.423. The highest BCUT2D eigenvalue weighted by atomic mass is 32.1. The lowest BCUT2D eigenvalue weighted by Crippen LogP contribution is -2.36. The number of benzene rings is 4. The van der Waals surface area contributed by atoms with Gasteiger partial charge in [-0.05, 0) is 126 Å². The molecule has 0 radical (unpaired) electrons. The lowest BCUT2D eigenvalue weighted by atomic mass is 9.78. The molecule has 2 aliphatic carbocycles. The second kappa shape index (κ2) is 42.0. The number of nitrogens with zero attached hydrogens (tertiary/aromatic N) is 10. The van der Waals surface area contributed by atoms with Crippen molar-refractivity contribution in [1.82, 2.24) is 19.9 Å². The van der Waals surface area contributed by atoms with Gasteiger partial charge in [0.15, 0.2) is 0 Å². The van der Waals surface area contributed by atoms with Gasteiger partial charge in [-0.25, -0.2) is 19.9 Å². The van der Waals surface area contributed by atoms with E-state index in [1.54, 1.807) is 11.3 Å². The lowest BCUT2D eigenvalue weighted by Gasteiger charge is -2.39. The summed E-state index contributed by atoms with van der Waals surface area (Å²) in [4.78, 5) is 44.4. The maximum Gasteiger partial charge on any atom is 0.140 e. The van der Waals surface area contributed by atoms with Gasteiger partial charge in [-0.3, -0.25) is 9.98 Å². The van der Waals surface area contributed by atoms with Gasteiger partial charge in [-0.2, -0.15) is 17.5 Å². The topological polar surface area (TPSA) is 144 Å². The molecule has 2 unspecified atom stereocenters. The van der Waals surface area contributed by atoms with Crippen LogP contribution in [0.2, 0.25) is 0 Å². The highest BCUT2D eigenvalue weighted by Gasteiger charge is 2.47. The Morgan fingerprint density at radius 3 is 1.15 bits per heavy atom. The van der Waals surface area contributed by atoms with E-state index < -0.39 is 11.2 Å². The Bertz CT molecular complexity index is 5610. The molecule has 4 aliphatic heterocycles. The van der Waals surface area contributed by atoms with Gasteiger partial charge in [0.1, 0.15) is 73.4 Å². The Morgan fingerprint density at radius 1 is 0.339 bits per heavy atom. The van der Waals surface area contributed by atoms with E-state index in [0.717, 1.165) is 245 Å². The molecule has 18 heteroatoms. The molecule has 0 saturated heterocycles. The van der Waals surface area contributed by atoms with Crippen LogP contribution in [0.5, 0.6) is 11.5 Å². The van der Waals surface area contributed by atoms with Crippen molar-refractivity contribution in [2.75, 3.05) is 13.1 Å². The van der Waals surface area contributed by atoms with Gasteiger partial charge in [0.2, 0.25) is 0 Å². The molecule has 10 heterocycles. The number of fused-ring (bicyclic) bond motifs is 16. The van der Waals surface area contributed by atoms with Crippen molar-refractivity contribution in [3.8, 4) is 84.8 Å². The van der Waals surface area contributed by atoms with E-state index in [9.17, 15) is 0 Å². The minimum atomic E-state index is -0.676. The molecule has 124 heavy (non-hydrogen) atoms. The third-order valence-electron chi connectivity index (χ3n) is 27.4. The first-order valence-electron chi connectivity index (χ1n) is 48.8. The van der Waals surface area contributed by atoms with Gasteiger partial charge in [-0.15, -0.1) is 45.3 Å². The Labute approximate surface area is 764 Å². The number of aryl methyl sites for hydroxylation is 2. The number of unbranched alkanes of at least 4 members (excludes halogenated alkanes) is 24. The summed E-state index contributed by atoms with van der Waals surface area (Å²) >= 11 is 10.1. The molecule has 6 aromatic heterocycles. The molecule has 10 aromatic rings. The van der Waals surface area contributed by atoms with Gasteiger partial charge in [-0.1, -0.05) is 310 Å². The van der Waals surface area contributed by atoms with Crippen LogP contribution >= 0.6 is 45.3 Å². The van der Waals surface area contributed by atoms with E-state index in [4.69, 9.17) is 56.8 Å². The maximum absolute atomic E-state index is 8.26. The van der Waals surface area contributed by atoms with Crippen LogP contribution in [-0.2, 0) is 33.9 Å². The number of aromatic nitrogens is 4. The number of rotatable bonds is 49. The molecular formula is C106H136N10O2S6. The van der Waals surface area contributed by atoms with Crippen molar-refractivity contribution in [1.29, 1.82) is 0 Å². The van der Waals surface area contributed by atoms with Crippen LogP contribution in [0, 0.1) is 37.5 Å². The predicted octanol–water partition coefficient (Wildman–Crippen LogP) is 35.3. The Balaban J connectivity index is 0.866. The summed E-state index contributed by atoms with van der Waals surface area (Å²) < 4.78 is 37.7.